The highest BCUT2D eigenvalue weighted by molar-refractivity contribution is 5.82. The number of allylic oxidation sites excluding steroid dienone is 1. The number of nitrogens with zero attached hydrogens (tertiary/aromatic N) is 2. The maximum atomic E-state index is 11.9. The summed E-state index contributed by atoms with van der Waals surface area (Å²) in [5, 5.41) is 17.6. The van der Waals surface area contributed by atoms with E-state index in [1.165, 1.54) is 6.08 Å². The van der Waals surface area contributed by atoms with E-state index in [9.17, 15) is 9.59 Å². The zero-order valence-corrected chi connectivity index (χ0v) is 10.6. The van der Waals surface area contributed by atoms with Gasteiger partial charge in [-0.2, -0.15) is 5.26 Å². The highest BCUT2D eigenvalue weighted by Gasteiger charge is 2.38. The summed E-state index contributed by atoms with van der Waals surface area (Å²) in [7, 11) is 0. The largest absolute Gasteiger partial charge is 0.480 e. The fraction of sp³-hybridized carbons (Fsp3) is 0.583. The molecule has 1 atom stereocenters. The minimum atomic E-state index is -1.10. The molecule has 1 rings (SSSR count). The van der Waals surface area contributed by atoms with Gasteiger partial charge in [0.05, 0.1) is 6.07 Å². The van der Waals surface area contributed by atoms with Gasteiger partial charge in [0.1, 0.15) is 11.6 Å². The minimum absolute atomic E-state index is 0.124. The number of ether oxygens (including phenoxy) is 1. The third kappa shape index (κ3) is 3.48. The molecule has 6 heteroatoms. The first kappa shape index (κ1) is 14.0. The molecule has 0 aliphatic carbocycles. The summed E-state index contributed by atoms with van der Waals surface area (Å²) in [6.07, 6.45) is 0.777. The summed E-state index contributed by atoms with van der Waals surface area (Å²) in [5.41, 5.74) is -0.0577. The lowest BCUT2D eigenvalue weighted by Gasteiger charge is -2.26. The quantitative estimate of drug-likeness (QED) is 0.714. The number of hydrogen-bond acceptors (Lipinski definition) is 4. The van der Waals surface area contributed by atoms with Crippen LogP contribution < -0.4 is 0 Å². The van der Waals surface area contributed by atoms with E-state index in [-0.39, 0.29) is 13.0 Å². The van der Waals surface area contributed by atoms with Crippen molar-refractivity contribution < 1.29 is 19.4 Å². The van der Waals surface area contributed by atoms with Crippen molar-refractivity contribution in [3.05, 3.63) is 11.6 Å². The van der Waals surface area contributed by atoms with Gasteiger partial charge in [-0.05, 0) is 26.3 Å². The summed E-state index contributed by atoms with van der Waals surface area (Å²) in [5.74, 6) is -1.10. The number of nitriles is 1. The molecule has 1 aliphatic rings. The minimum Gasteiger partial charge on any atom is -0.480 e. The van der Waals surface area contributed by atoms with Gasteiger partial charge >= 0.3 is 12.1 Å². The van der Waals surface area contributed by atoms with Gasteiger partial charge < -0.3 is 9.84 Å². The highest BCUT2D eigenvalue weighted by atomic mass is 16.6. The predicted octanol–water partition coefficient (Wildman–Crippen LogP) is 1.53. The Labute approximate surface area is 105 Å². The van der Waals surface area contributed by atoms with E-state index in [0.29, 0.717) is 5.57 Å². The second-order valence-corrected chi connectivity index (χ2v) is 5.10. The van der Waals surface area contributed by atoms with Crippen LogP contribution in [0.4, 0.5) is 4.79 Å². The van der Waals surface area contributed by atoms with Crippen molar-refractivity contribution >= 4 is 12.1 Å². The van der Waals surface area contributed by atoms with Crippen molar-refractivity contribution in [2.24, 2.45) is 0 Å². The number of carboxylic acid groups (broad SMARTS) is 1. The lowest BCUT2D eigenvalue weighted by Crippen LogP contribution is -2.43. The first-order valence-corrected chi connectivity index (χ1v) is 5.54. The van der Waals surface area contributed by atoms with Crippen LogP contribution in [-0.2, 0) is 9.53 Å². The number of likely N-dealkylation sites (tertiary alicyclic amines) is 1. The first-order valence-electron chi connectivity index (χ1n) is 5.54. The van der Waals surface area contributed by atoms with E-state index in [4.69, 9.17) is 15.1 Å². The third-order valence-electron chi connectivity index (χ3n) is 2.39. The van der Waals surface area contributed by atoms with Crippen LogP contribution in [0.1, 0.15) is 27.2 Å². The van der Waals surface area contributed by atoms with Crippen LogP contribution in [0.2, 0.25) is 0 Å². The molecule has 0 aromatic rings. The molecule has 0 bridgehead atoms. The Morgan fingerprint density at radius 3 is 2.61 bits per heavy atom. The van der Waals surface area contributed by atoms with Crippen LogP contribution in [0.15, 0.2) is 11.6 Å². The molecular formula is C12H16N2O4. The molecule has 6 nitrogen and oxygen atoms in total. The molecule has 0 spiro atoms. The fourth-order valence-electron chi connectivity index (χ4n) is 1.68. The number of carboxylic acids is 1. The van der Waals surface area contributed by atoms with Crippen LogP contribution >= 0.6 is 0 Å². The number of aliphatic carboxylic acids is 1. The molecule has 0 aromatic heterocycles. The Morgan fingerprint density at radius 2 is 2.17 bits per heavy atom. The zero-order valence-electron chi connectivity index (χ0n) is 10.6. The van der Waals surface area contributed by atoms with Gasteiger partial charge in [-0.25, -0.2) is 9.59 Å². The third-order valence-corrected chi connectivity index (χ3v) is 2.39. The molecule has 1 fully saturated rings. The first-order chi connectivity index (χ1) is 8.24. The second kappa shape index (κ2) is 5.08. The number of amides is 1. The second-order valence-electron chi connectivity index (χ2n) is 5.10. The number of rotatable bonds is 1. The molecular weight excluding hydrogens is 236 g/mol. The van der Waals surface area contributed by atoms with Crippen molar-refractivity contribution in [3.63, 3.8) is 0 Å². The Morgan fingerprint density at radius 1 is 1.56 bits per heavy atom. The predicted molar refractivity (Wildman–Crippen MR) is 62.7 cm³/mol. The molecule has 98 valence electrons. The Kier molecular flexibility index (Phi) is 3.96. The maximum Gasteiger partial charge on any atom is 0.411 e. The lowest BCUT2D eigenvalue weighted by molar-refractivity contribution is -0.142. The van der Waals surface area contributed by atoms with Crippen molar-refractivity contribution in [2.75, 3.05) is 6.54 Å². The van der Waals surface area contributed by atoms with Crippen molar-refractivity contribution in [1.82, 2.24) is 4.90 Å². The molecule has 1 heterocycles. The summed E-state index contributed by atoms with van der Waals surface area (Å²) in [6, 6.07) is 0.884. The standard InChI is InChI=1S/C12H16N2O4/c1-12(2,3)18-11(17)14-7-8(4-5-13)6-9(14)10(15)16/h4,9H,6-7H2,1-3H3,(H,15,16)/b8-4-/t9-/m0/s1. The lowest BCUT2D eigenvalue weighted by atomic mass is 10.1. The number of carbonyl (C=O) groups excluding carboxylic acids is 1. The summed E-state index contributed by atoms with van der Waals surface area (Å²) >= 11 is 0. The summed E-state index contributed by atoms with van der Waals surface area (Å²) < 4.78 is 5.14. The van der Waals surface area contributed by atoms with Gasteiger partial charge in [-0.15, -0.1) is 0 Å². The van der Waals surface area contributed by atoms with Crippen molar-refractivity contribution in [3.8, 4) is 6.07 Å². The fourth-order valence-corrected chi connectivity index (χ4v) is 1.68. The molecule has 1 N–H and O–H groups in total. The summed E-state index contributed by atoms with van der Waals surface area (Å²) in [4.78, 5) is 24.1. The molecule has 0 radical (unpaired) electrons. The van der Waals surface area contributed by atoms with Crippen LogP contribution in [0, 0.1) is 11.3 Å². The van der Waals surface area contributed by atoms with Crippen LogP contribution in [0.5, 0.6) is 0 Å². The highest BCUT2D eigenvalue weighted by Crippen LogP contribution is 2.24. The SMILES string of the molecule is CC(C)(C)OC(=O)N1C/C(=C\C#N)C[C@H]1C(=O)O. The number of hydrogen-bond donors (Lipinski definition) is 1. The van der Waals surface area contributed by atoms with Gasteiger partial charge in [0.2, 0.25) is 0 Å². The van der Waals surface area contributed by atoms with Crippen LogP contribution in [0.3, 0.4) is 0 Å². The van der Waals surface area contributed by atoms with Gasteiger partial charge in [-0.1, -0.05) is 0 Å². The maximum absolute atomic E-state index is 11.9. The Bertz CT molecular complexity index is 428. The average Bonchev–Trinajstić information content (AvgIpc) is 2.59. The molecule has 1 amide bonds. The molecule has 1 aliphatic heterocycles. The Balaban J connectivity index is 2.86. The van der Waals surface area contributed by atoms with E-state index in [0.717, 1.165) is 4.90 Å². The van der Waals surface area contributed by atoms with E-state index in [1.54, 1.807) is 20.8 Å². The molecule has 1 saturated heterocycles. The smallest absolute Gasteiger partial charge is 0.411 e. The topological polar surface area (TPSA) is 90.6 Å². The van der Waals surface area contributed by atoms with E-state index in [2.05, 4.69) is 0 Å². The zero-order chi connectivity index (χ0) is 13.9. The monoisotopic (exact) mass is 252 g/mol. The van der Waals surface area contributed by atoms with Crippen molar-refractivity contribution in [1.29, 1.82) is 5.26 Å². The molecule has 0 saturated carbocycles. The molecule has 0 unspecified atom stereocenters. The van der Waals surface area contributed by atoms with Gasteiger partial charge in [0.25, 0.3) is 0 Å². The molecule has 18 heavy (non-hydrogen) atoms. The average molecular weight is 252 g/mol. The van der Waals surface area contributed by atoms with E-state index >= 15 is 0 Å². The summed E-state index contributed by atoms with van der Waals surface area (Å²) in [6.45, 7) is 5.26. The van der Waals surface area contributed by atoms with Gasteiger partial charge in [-0.3, -0.25) is 4.90 Å². The normalized spacial score (nSPS) is 21.8. The van der Waals surface area contributed by atoms with Crippen LogP contribution in [-0.4, -0.2) is 40.3 Å². The van der Waals surface area contributed by atoms with Crippen molar-refractivity contribution in [2.45, 2.75) is 38.8 Å². The molecule has 0 aromatic carbocycles. The van der Waals surface area contributed by atoms with Gasteiger partial charge in [0.15, 0.2) is 0 Å². The van der Waals surface area contributed by atoms with E-state index < -0.39 is 23.7 Å². The van der Waals surface area contributed by atoms with Gasteiger partial charge in [0, 0.05) is 19.0 Å². The Hall–Kier alpha value is -2.03. The van der Waals surface area contributed by atoms with E-state index in [1.807, 2.05) is 6.07 Å². The number of carbonyl (C=O) groups is 2. The van der Waals surface area contributed by atoms with Crippen LogP contribution in [0.25, 0.3) is 0 Å².